The SMILES string of the molecule is COc1cccc(N2C(=O)NC(=NC3CCCCC3)C23CCN([S+](=O)([O-])c2cccc(C(F)(F)F)c2)C3)c1. The summed E-state index contributed by atoms with van der Waals surface area (Å²) in [5, 5.41) is 2.89. The van der Waals surface area contributed by atoms with Crippen LogP contribution in [0.1, 0.15) is 44.1 Å². The van der Waals surface area contributed by atoms with Crippen molar-refractivity contribution in [2.75, 3.05) is 25.1 Å². The predicted molar refractivity (Wildman–Crippen MR) is 136 cm³/mol. The molecule has 5 rings (SSSR count). The summed E-state index contributed by atoms with van der Waals surface area (Å²) in [5.74, 6) is 0.925. The first-order valence-electron chi connectivity index (χ1n) is 12.6. The van der Waals surface area contributed by atoms with Gasteiger partial charge >= 0.3 is 12.2 Å². The number of halogens is 3. The number of methoxy groups -OCH3 is 1. The predicted octanol–water partition coefficient (Wildman–Crippen LogP) is 5.02. The van der Waals surface area contributed by atoms with E-state index in [1.165, 1.54) is 12.0 Å². The Hall–Kier alpha value is -2.96. The van der Waals surface area contributed by atoms with E-state index in [0.717, 1.165) is 54.6 Å². The Morgan fingerprint density at radius 3 is 2.58 bits per heavy atom. The molecule has 8 nitrogen and oxygen atoms in total. The van der Waals surface area contributed by atoms with Gasteiger partial charge in [0.05, 0.1) is 30.9 Å². The van der Waals surface area contributed by atoms with Crippen LogP contribution in [0.2, 0.25) is 0 Å². The van der Waals surface area contributed by atoms with Crippen LogP contribution >= 0.6 is 0 Å². The maximum Gasteiger partial charge on any atom is 0.416 e. The zero-order valence-corrected chi connectivity index (χ0v) is 21.7. The first-order chi connectivity index (χ1) is 18.0. The number of ether oxygens (including phenoxy) is 1. The van der Waals surface area contributed by atoms with Gasteiger partial charge in [-0.3, -0.25) is 15.2 Å². The molecule has 1 spiro atoms. The van der Waals surface area contributed by atoms with Gasteiger partial charge in [0.2, 0.25) is 0 Å². The zero-order chi connectivity index (χ0) is 27.1. The second-order valence-electron chi connectivity index (χ2n) is 9.88. The molecular weight excluding hydrogens is 521 g/mol. The topological polar surface area (TPSA) is 97.3 Å². The normalized spacial score (nSPS) is 25.7. The minimum Gasteiger partial charge on any atom is -0.593 e. The van der Waals surface area contributed by atoms with E-state index < -0.39 is 38.6 Å². The standard InChI is InChI=1S/C26H29F3N4O4S/c1-37-21-11-6-10-20(16-21)33-24(34)31-23(30-19-8-3-2-4-9-19)25(33)13-14-32(17-25)38(35,36)22-12-5-7-18(15-22)26(27,28)29/h5-7,10-12,15-16,19H,2-4,8-9,13-14,17H2,1H3,(H-,30,31,34,35,36). The van der Waals surface area contributed by atoms with Gasteiger partial charge in [0.1, 0.15) is 17.1 Å². The third-order valence-electron chi connectivity index (χ3n) is 7.51. The van der Waals surface area contributed by atoms with Crippen molar-refractivity contribution in [1.29, 1.82) is 0 Å². The number of amides is 2. The lowest BCUT2D eigenvalue weighted by Crippen LogP contribution is -2.53. The van der Waals surface area contributed by atoms with Crippen LogP contribution in [-0.2, 0) is 20.8 Å². The minimum absolute atomic E-state index is 0.00955. The molecule has 0 radical (unpaired) electrons. The molecule has 2 saturated heterocycles. The fraction of sp³-hybridized carbons (Fsp3) is 0.462. The Kier molecular flexibility index (Phi) is 6.99. The molecule has 2 aliphatic heterocycles. The Morgan fingerprint density at radius 1 is 1.13 bits per heavy atom. The number of benzene rings is 2. The minimum atomic E-state index is -4.68. The van der Waals surface area contributed by atoms with Gasteiger partial charge in [0, 0.05) is 18.7 Å². The Balaban J connectivity index is 1.54. The van der Waals surface area contributed by atoms with Crippen LogP contribution < -0.4 is 15.0 Å². The lowest BCUT2D eigenvalue weighted by molar-refractivity contribution is -0.137. The highest BCUT2D eigenvalue weighted by molar-refractivity contribution is 7.95. The molecule has 38 heavy (non-hydrogen) atoms. The van der Waals surface area contributed by atoms with Gasteiger partial charge in [0.25, 0.3) is 0 Å². The smallest absolute Gasteiger partial charge is 0.416 e. The highest BCUT2D eigenvalue weighted by atomic mass is 32.3. The summed E-state index contributed by atoms with van der Waals surface area (Å²) in [7, 11) is -2.78. The summed E-state index contributed by atoms with van der Waals surface area (Å²) >= 11 is 0. The van der Waals surface area contributed by atoms with E-state index in [0.29, 0.717) is 23.3 Å². The number of nitrogens with one attached hydrogen (secondary N) is 1. The van der Waals surface area contributed by atoms with E-state index >= 15 is 0 Å². The summed E-state index contributed by atoms with van der Waals surface area (Å²) in [6.07, 6.45) is 0.477. The zero-order valence-electron chi connectivity index (χ0n) is 20.9. The molecule has 1 saturated carbocycles. The van der Waals surface area contributed by atoms with E-state index in [1.807, 2.05) is 0 Å². The molecule has 3 fully saturated rings. The average Bonchev–Trinajstić information content (AvgIpc) is 3.46. The van der Waals surface area contributed by atoms with Crippen LogP contribution in [0.15, 0.2) is 58.4 Å². The number of hydrogen-bond acceptors (Lipinski definition) is 5. The molecule has 2 amide bonds. The van der Waals surface area contributed by atoms with Gasteiger partial charge in [-0.1, -0.05) is 35.6 Å². The molecule has 204 valence electrons. The monoisotopic (exact) mass is 550 g/mol. The van der Waals surface area contributed by atoms with Gasteiger partial charge in [-0.05, 0) is 43.5 Å². The third-order valence-corrected chi connectivity index (χ3v) is 9.35. The molecule has 0 bridgehead atoms. The summed E-state index contributed by atoms with van der Waals surface area (Å²) in [5.41, 5.74) is -1.66. The first kappa shape index (κ1) is 26.6. The molecule has 2 aromatic carbocycles. The molecule has 3 aliphatic rings. The average molecular weight is 551 g/mol. The van der Waals surface area contributed by atoms with Crippen molar-refractivity contribution in [3.8, 4) is 5.75 Å². The quantitative estimate of drug-likeness (QED) is 0.529. The van der Waals surface area contributed by atoms with E-state index in [-0.39, 0.29) is 25.6 Å². The number of carbonyl (C=O) groups is 1. The van der Waals surface area contributed by atoms with Crippen LogP contribution in [-0.4, -0.2) is 52.5 Å². The van der Waals surface area contributed by atoms with Crippen LogP contribution in [0.4, 0.5) is 23.7 Å². The second-order valence-corrected chi connectivity index (χ2v) is 11.8. The maximum atomic E-state index is 13.6. The van der Waals surface area contributed by atoms with Crippen molar-refractivity contribution in [1.82, 2.24) is 9.62 Å². The number of sulfonamides is 1. The number of urea groups is 1. The molecule has 2 aromatic rings. The van der Waals surface area contributed by atoms with Crippen molar-refractivity contribution in [3.05, 3.63) is 54.1 Å². The Labute approximate surface area is 220 Å². The second kappa shape index (κ2) is 9.97. The Bertz CT molecular complexity index is 1300. The summed E-state index contributed by atoms with van der Waals surface area (Å²) in [6.45, 7) is -0.134. The van der Waals surface area contributed by atoms with Gasteiger partial charge in [-0.25, -0.2) is 4.79 Å². The van der Waals surface area contributed by atoms with E-state index in [2.05, 4.69) is 5.32 Å². The van der Waals surface area contributed by atoms with E-state index in [1.54, 1.807) is 24.3 Å². The van der Waals surface area contributed by atoms with Crippen LogP contribution in [0.5, 0.6) is 5.75 Å². The molecule has 2 unspecified atom stereocenters. The number of rotatable bonds is 5. The van der Waals surface area contributed by atoms with Gasteiger partial charge < -0.3 is 9.29 Å². The third kappa shape index (κ3) is 4.80. The van der Waals surface area contributed by atoms with Crippen molar-refractivity contribution < 1.29 is 31.5 Å². The number of aliphatic imine (C=N–C) groups is 1. The lowest BCUT2D eigenvalue weighted by Gasteiger charge is -2.34. The van der Waals surface area contributed by atoms with E-state index in [9.17, 15) is 26.7 Å². The molecule has 1 aliphatic carbocycles. The molecule has 2 heterocycles. The number of amidine groups is 1. The summed E-state index contributed by atoms with van der Waals surface area (Å²) in [6, 6.07) is 10.2. The van der Waals surface area contributed by atoms with Crippen molar-refractivity contribution in [2.45, 2.75) is 61.2 Å². The fourth-order valence-corrected chi connectivity index (χ4v) is 7.10. The number of alkyl halides is 3. The highest BCUT2D eigenvalue weighted by Crippen LogP contribution is 2.42. The fourth-order valence-electron chi connectivity index (χ4n) is 5.56. The number of carbonyl (C=O) groups excluding carboxylic acids is 1. The van der Waals surface area contributed by atoms with Crippen LogP contribution in [0.25, 0.3) is 0 Å². The first-order valence-corrected chi connectivity index (χ1v) is 14.0. The number of nitrogens with zero attached hydrogens (tertiary/aromatic N) is 3. The molecular formula is C26H29F3N4O4S. The lowest BCUT2D eigenvalue weighted by atomic mass is 9.93. The maximum absolute atomic E-state index is 13.6. The molecule has 12 heteroatoms. The van der Waals surface area contributed by atoms with E-state index in [4.69, 9.17) is 9.73 Å². The van der Waals surface area contributed by atoms with Gasteiger partial charge in [-0.2, -0.15) is 13.2 Å². The van der Waals surface area contributed by atoms with Crippen LogP contribution in [0, 0.1) is 0 Å². The van der Waals surface area contributed by atoms with Crippen molar-refractivity contribution in [2.24, 2.45) is 4.99 Å². The summed E-state index contributed by atoms with van der Waals surface area (Å²) in [4.78, 5) is 19.4. The largest absolute Gasteiger partial charge is 0.593 e. The van der Waals surface area contributed by atoms with Crippen molar-refractivity contribution >= 4 is 28.0 Å². The highest BCUT2D eigenvalue weighted by Gasteiger charge is 2.59. The molecule has 1 N–H and O–H groups in total. The molecule has 0 aromatic heterocycles. The number of anilines is 1. The van der Waals surface area contributed by atoms with Crippen molar-refractivity contribution in [3.63, 3.8) is 0 Å². The Morgan fingerprint density at radius 2 is 1.87 bits per heavy atom. The van der Waals surface area contributed by atoms with Crippen LogP contribution in [0.3, 0.4) is 0 Å². The molecule has 2 atom stereocenters. The number of hydrogen-bond donors (Lipinski definition) is 1. The van der Waals surface area contributed by atoms with Gasteiger partial charge in [-0.15, -0.1) is 4.31 Å². The summed E-state index contributed by atoms with van der Waals surface area (Å²) < 4.78 is 73.5. The van der Waals surface area contributed by atoms with Gasteiger partial charge in [0.15, 0.2) is 15.3 Å².